The lowest BCUT2D eigenvalue weighted by atomic mass is 10.2. The maximum atomic E-state index is 5.72. The Labute approximate surface area is 172 Å². The van der Waals surface area contributed by atoms with E-state index in [0.29, 0.717) is 24.0 Å². The Kier molecular flexibility index (Phi) is 5.81. The molecule has 0 amide bonds. The summed E-state index contributed by atoms with van der Waals surface area (Å²) < 4.78 is 7.57. The van der Waals surface area contributed by atoms with Gasteiger partial charge in [-0.1, -0.05) is 75.4 Å². The van der Waals surface area contributed by atoms with Crippen LogP contribution in [-0.2, 0) is 12.2 Å². The van der Waals surface area contributed by atoms with Crippen LogP contribution in [0, 0.1) is 0 Å². The largest absolute Gasteiger partial charge is 0.424 e. The van der Waals surface area contributed by atoms with Crippen molar-refractivity contribution in [3.05, 3.63) is 76.4 Å². The number of hydrogen-bond acceptors (Lipinski definition) is 8. The average Bonchev–Trinajstić information content (AvgIpc) is 3.30. The van der Waals surface area contributed by atoms with Crippen LogP contribution in [-0.4, -0.2) is 20.4 Å². The molecule has 9 heteroatoms. The number of nitrogens with one attached hydrogen (secondary N) is 1. The van der Waals surface area contributed by atoms with Crippen LogP contribution >= 0.6 is 39.0 Å². The third kappa shape index (κ3) is 5.15. The summed E-state index contributed by atoms with van der Waals surface area (Å²) in [5, 5.41) is 20.6. The van der Waals surface area contributed by atoms with Gasteiger partial charge < -0.3 is 9.73 Å². The zero-order chi connectivity index (χ0) is 18.5. The normalized spacial score (nSPS) is 10.9. The van der Waals surface area contributed by atoms with Crippen molar-refractivity contribution in [2.45, 2.75) is 16.5 Å². The number of nitrogens with zero attached hydrogens (tertiary/aromatic N) is 4. The first-order valence-electron chi connectivity index (χ1n) is 8.09. The molecule has 0 aliphatic rings. The van der Waals surface area contributed by atoms with Crippen LogP contribution in [0.1, 0.15) is 17.3 Å². The van der Waals surface area contributed by atoms with Gasteiger partial charge in [-0.15, -0.1) is 20.4 Å². The Morgan fingerprint density at radius 2 is 1.81 bits per heavy atom. The van der Waals surface area contributed by atoms with Crippen molar-refractivity contribution < 1.29 is 4.42 Å². The van der Waals surface area contributed by atoms with E-state index in [-0.39, 0.29) is 0 Å². The highest BCUT2D eigenvalue weighted by molar-refractivity contribution is 9.10. The second-order valence-electron chi connectivity index (χ2n) is 5.55. The van der Waals surface area contributed by atoms with Gasteiger partial charge in [0.2, 0.25) is 16.9 Å². The Morgan fingerprint density at radius 1 is 0.963 bits per heavy atom. The van der Waals surface area contributed by atoms with Gasteiger partial charge in [-0.2, -0.15) is 0 Å². The van der Waals surface area contributed by atoms with Gasteiger partial charge >= 0.3 is 0 Å². The molecule has 1 N–H and O–H groups in total. The van der Waals surface area contributed by atoms with Gasteiger partial charge in [-0.25, -0.2) is 0 Å². The van der Waals surface area contributed by atoms with Crippen molar-refractivity contribution in [1.29, 1.82) is 0 Å². The van der Waals surface area contributed by atoms with Gasteiger partial charge in [0.15, 0.2) is 4.34 Å². The van der Waals surface area contributed by atoms with Gasteiger partial charge in [-0.3, -0.25) is 0 Å². The minimum Gasteiger partial charge on any atom is -0.424 e. The van der Waals surface area contributed by atoms with Crippen molar-refractivity contribution in [3.63, 3.8) is 0 Å². The lowest BCUT2D eigenvalue weighted by molar-refractivity contribution is 0.474. The molecule has 0 fully saturated rings. The Hall–Kier alpha value is -2.23. The lowest BCUT2D eigenvalue weighted by Gasteiger charge is -2.01. The molecule has 4 aromatic rings. The van der Waals surface area contributed by atoms with Crippen molar-refractivity contribution in [2.24, 2.45) is 0 Å². The summed E-state index contributed by atoms with van der Waals surface area (Å²) in [6.45, 7) is 0. The number of benzene rings is 2. The maximum absolute atomic E-state index is 5.72. The van der Waals surface area contributed by atoms with Crippen LogP contribution in [0.25, 0.3) is 0 Å². The fourth-order valence-electron chi connectivity index (χ4n) is 2.32. The number of hydrogen-bond donors (Lipinski definition) is 1. The first-order chi connectivity index (χ1) is 13.2. The van der Waals surface area contributed by atoms with E-state index in [0.717, 1.165) is 25.2 Å². The fraction of sp³-hybridized carbons (Fsp3) is 0.111. The van der Waals surface area contributed by atoms with E-state index < -0.39 is 0 Å². The van der Waals surface area contributed by atoms with Crippen molar-refractivity contribution in [1.82, 2.24) is 20.4 Å². The topological polar surface area (TPSA) is 76.7 Å². The van der Waals surface area contributed by atoms with E-state index in [1.165, 1.54) is 23.1 Å². The van der Waals surface area contributed by atoms with Crippen molar-refractivity contribution in [2.75, 3.05) is 5.32 Å². The number of anilines is 2. The van der Waals surface area contributed by atoms with E-state index in [4.69, 9.17) is 4.42 Å². The number of aromatic nitrogens is 4. The molecule has 0 saturated carbocycles. The van der Waals surface area contributed by atoms with Gasteiger partial charge in [0.05, 0.1) is 12.2 Å². The van der Waals surface area contributed by atoms with Crippen LogP contribution in [0.2, 0.25) is 0 Å². The second-order valence-corrected chi connectivity index (χ2v) is 8.66. The Bertz CT molecular complexity index is 1020. The molecule has 0 unspecified atom stereocenters. The fourth-order valence-corrected chi connectivity index (χ4v) is 4.33. The summed E-state index contributed by atoms with van der Waals surface area (Å²) in [5.41, 5.74) is 2.10. The minimum atomic E-state index is 0.563. The molecule has 0 atom stereocenters. The molecule has 0 spiro atoms. The van der Waals surface area contributed by atoms with E-state index >= 15 is 0 Å². The van der Waals surface area contributed by atoms with E-state index in [9.17, 15) is 0 Å². The third-order valence-electron chi connectivity index (χ3n) is 3.51. The monoisotopic (exact) mass is 459 g/mol. The first-order valence-corrected chi connectivity index (χ1v) is 10.7. The Morgan fingerprint density at radius 3 is 2.67 bits per heavy atom. The van der Waals surface area contributed by atoms with Crippen LogP contribution in [0.3, 0.4) is 0 Å². The quantitative estimate of drug-likeness (QED) is 0.375. The third-order valence-corrected chi connectivity index (χ3v) is 5.96. The van der Waals surface area contributed by atoms with E-state index in [1.807, 2.05) is 54.6 Å². The summed E-state index contributed by atoms with van der Waals surface area (Å²) in [6.07, 6.45) is 0.637. The molecule has 2 heterocycles. The highest BCUT2D eigenvalue weighted by Gasteiger charge is 2.10. The van der Waals surface area contributed by atoms with Gasteiger partial charge in [-0.05, 0) is 23.8 Å². The zero-order valence-corrected chi connectivity index (χ0v) is 17.2. The molecular formula is C18H14BrN5OS2. The van der Waals surface area contributed by atoms with Gasteiger partial charge in [0, 0.05) is 10.2 Å². The summed E-state index contributed by atoms with van der Waals surface area (Å²) >= 11 is 6.47. The molecule has 2 aromatic carbocycles. The number of halogens is 1. The second kappa shape index (κ2) is 8.64. The Balaban J connectivity index is 1.32. The maximum Gasteiger partial charge on any atom is 0.226 e. The predicted molar refractivity (Wildman–Crippen MR) is 110 cm³/mol. The highest BCUT2D eigenvalue weighted by Crippen LogP contribution is 2.30. The molecule has 2 aromatic heterocycles. The minimum absolute atomic E-state index is 0.563. The summed E-state index contributed by atoms with van der Waals surface area (Å²) in [4.78, 5) is 0. The van der Waals surface area contributed by atoms with Crippen LogP contribution < -0.4 is 5.32 Å². The summed E-state index contributed by atoms with van der Waals surface area (Å²) in [5.74, 6) is 1.77. The molecule has 4 rings (SSSR count). The SMILES string of the molecule is Brc1cccc(Nc2nnc(SCc3nnc(Cc4ccccc4)o3)s2)c1. The molecular weight excluding hydrogens is 446 g/mol. The first kappa shape index (κ1) is 18.1. The molecule has 0 aliphatic carbocycles. The predicted octanol–water partition coefficient (Wildman–Crippen LogP) is 5.31. The van der Waals surface area contributed by atoms with Gasteiger partial charge in [0.1, 0.15) is 0 Å². The van der Waals surface area contributed by atoms with Crippen molar-refractivity contribution in [3.8, 4) is 0 Å². The molecule has 27 heavy (non-hydrogen) atoms. The van der Waals surface area contributed by atoms with E-state index in [1.54, 1.807) is 0 Å². The molecule has 136 valence electrons. The molecule has 0 bridgehead atoms. The van der Waals surface area contributed by atoms with Gasteiger partial charge in [0.25, 0.3) is 0 Å². The van der Waals surface area contributed by atoms with Crippen LogP contribution in [0.4, 0.5) is 10.8 Å². The standard InChI is InChI=1S/C18H14BrN5OS2/c19-13-7-4-8-14(10-13)20-17-23-24-18(27-17)26-11-16-22-21-15(25-16)9-12-5-2-1-3-6-12/h1-8,10H,9,11H2,(H,20,23). The highest BCUT2D eigenvalue weighted by atomic mass is 79.9. The van der Waals surface area contributed by atoms with Crippen LogP contribution in [0.5, 0.6) is 0 Å². The van der Waals surface area contributed by atoms with E-state index in [2.05, 4.69) is 41.6 Å². The zero-order valence-electron chi connectivity index (χ0n) is 14.0. The number of rotatable bonds is 7. The van der Waals surface area contributed by atoms with Crippen LogP contribution in [0.15, 0.2) is 67.8 Å². The smallest absolute Gasteiger partial charge is 0.226 e. The lowest BCUT2D eigenvalue weighted by Crippen LogP contribution is -1.88. The number of thioether (sulfide) groups is 1. The van der Waals surface area contributed by atoms with Crippen molar-refractivity contribution >= 4 is 49.8 Å². The molecule has 0 saturated heterocycles. The average molecular weight is 460 g/mol. The summed E-state index contributed by atoms with van der Waals surface area (Å²) in [6, 6.07) is 18.0. The molecule has 0 aliphatic heterocycles. The molecule has 0 radical (unpaired) electrons. The summed E-state index contributed by atoms with van der Waals surface area (Å²) in [7, 11) is 0. The molecule has 6 nitrogen and oxygen atoms in total.